The molecule has 0 aromatic carbocycles. The molecular formula is C20H34O2. The van der Waals surface area contributed by atoms with Gasteiger partial charge in [0.25, 0.3) is 0 Å². The summed E-state index contributed by atoms with van der Waals surface area (Å²) in [6.45, 7) is 10.4. The molecule has 22 heavy (non-hydrogen) atoms. The van der Waals surface area contributed by atoms with Crippen LogP contribution in [-0.4, -0.2) is 12.4 Å². The van der Waals surface area contributed by atoms with Crippen molar-refractivity contribution in [2.45, 2.75) is 72.1 Å². The number of carbonyl (C=O) groups is 1. The summed E-state index contributed by atoms with van der Waals surface area (Å²) in [5, 5.41) is 0. The lowest BCUT2D eigenvalue weighted by Crippen LogP contribution is -2.20. The second kappa shape index (κ2) is 10.6. The van der Waals surface area contributed by atoms with Crippen molar-refractivity contribution in [1.29, 1.82) is 0 Å². The van der Waals surface area contributed by atoms with Crippen LogP contribution < -0.4 is 0 Å². The van der Waals surface area contributed by atoms with E-state index in [1.165, 1.54) is 44.9 Å². The molecule has 0 spiro atoms. The van der Waals surface area contributed by atoms with Crippen molar-refractivity contribution in [2.75, 3.05) is 6.61 Å². The SMILES string of the molecule is C=C(OCC)C(CC1C=CC(CCCCCC)CC1)C(C)=O. The highest BCUT2D eigenvalue weighted by Gasteiger charge is 2.25. The molecule has 0 aromatic heterocycles. The Bertz CT molecular complexity index is 370. The largest absolute Gasteiger partial charge is 0.498 e. The fourth-order valence-electron chi connectivity index (χ4n) is 3.32. The van der Waals surface area contributed by atoms with Gasteiger partial charge in [-0.05, 0) is 51.4 Å². The molecule has 1 aliphatic carbocycles. The summed E-state index contributed by atoms with van der Waals surface area (Å²) in [5.74, 6) is 1.92. The van der Waals surface area contributed by atoms with Crippen LogP contribution in [0.25, 0.3) is 0 Å². The number of rotatable bonds is 11. The molecule has 0 heterocycles. The predicted octanol–water partition coefficient (Wildman–Crippen LogP) is 5.68. The Labute approximate surface area is 137 Å². The van der Waals surface area contributed by atoms with Crippen LogP contribution in [0.15, 0.2) is 24.5 Å². The highest BCUT2D eigenvalue weighted by molar-refractivity contribution is 5.80. The molecule has 0 N–H and O–H groups in total. The normalized spacial score (nSPS) is 22.3. The van der Waals surface area contributed by atoms with Crippen molar-refractivity contribution in [2.24, 2.45) is 17.8 Å². The van der Waals surface area contributed by atoms with E-state index in [9.17, 15) is 4.79 Å². The molecule has 0 radical (unpaired) electrons. The first-order valence-corrected chi connectivity index (χ1v) is 9.08. The Balaban J connectivity index is 2.41. The van der Waals surface area contributed by atoms with E-state index in [-0.39, 0.29) is 11.7 Å². The van der Waals surface area contributed by atoms with Crippen molar-refractivity contribution >= 4 is 5.78 Å². The zero-order chi connectivity index (χ0) is 16.4. The van der Waals surface area contributed by atoms with Gasteiger partial charge >= 0.3 is 0 Å². The van der Waals surface area contributed by atoms with Gasteiger partial charge < -0.3 is 4.74 Å². The lowest BCUT2D eigenvalue weighted by molar-refractivity contribution is -0.121. The first-order valence-electron chi connectivity index (χ1n) is 9.08. The predicted molar refractivity (Wildman–Crippen MR) is 93.7 cm³/mol. The molecule has 0 saturated heterocycles. The minimum absolute atomic E-state index is 0.143. The third kappa shape index (κ3) is 6.81. The zero-order valence-corrected chi connectivity index (χ0v) is 14.8. The van der Waals surface area contributed by atoms with Crippen LogP contribution in [0.5, 0.6) is 0 Å². The van der Waals surface area contributed by atoms with E-state index in [0.29, 0.717) is 18.3 Å². The summed E-state index contributed by atoms with van der Waals surface area (Å²) in [7, 11) is 0. The highest BCUT2D eigenvalue weighted by atomic mass is 16.5. The molecule has 0 saturated carbocycles. The molecule has 0 fully saturated rings. The summed E-state index contributed by atoms with van der Waals surface area (Å²) >= 11 is 0. The molecule has 2 heteroatoms. The molecule has 3 atom stereocenters. The number of ether oxygens (including phenoxy) is 1. The van der Waals surface area contributed by atoms with Crippen LogP contribution in [0.2, 0.25) is 0 Å². The second-order valence-electron chi connectivity index (χ2n) is 6.63. The van der Waals surface area contributed by atoms with Gasteiger partial charge in [-0.2, -0.15) is 0 Å². The Kier molecular flexibility index (Phi) is 9.19. The van der Waals surface area contributed by atoms with Gasteiger partial charge in [0.15, 0.2) is 0 Å². The zero-order valence-electron chi connectivity index (χ0n) is 14.8. The monoisotopic (exact) mass is 306 g/mol. The lowest BCUT2D eigenvalue weighted by atomic mass is 9.80. The molecule has 0 aromatic rings. The average molecular weight is 306 g/mol. The van der Waals surface area contributed by atoms with E-state index >= 15 is 0 Å². The van der Waals surface area contributed by atoms with E-state index in [4.69, 9.17) is 4.74 Å². The molecular weight excluding hydrogens is 272 g/mol. The van der Waals surface area contributed by atoms with E-state index in [1.807, 2.05) is 6.92 Å². The fourth-order valence-corrected chi connectivity index (χ4v) is 3.32. The molecule has 2 nitrogen and oxygen atoms in total. The molecule has 0 bridgehead atoms. The van der Waals surface area contributed by atoms with Crippen molar-refractivity contribution < 1.29 is 9.53 Å². The van der Waals surface area contributed by atoms with E-state index in [0.717, 1.165) is 12.3 Å². The summed E-state index contributed by atoms with van der Waals surface area (Å²) in [6.07, 6.45) is 14.7. The standard InChI is InChI=1S/C20H34O2/c1-5-7-8-9-10-18-11-13-19(14-12-18)15-20(16(3)21)17(4)22-6-2/h11,13,18-20H,4-10,12,14-15H2,1-3H3. The molecule has 1 aliphatic rings. The topological polar surface area (TPSA) is 26.3 Å². The summed E-state index contributed by atoms with van der Waals surface area (Å²) in [4.78, 5) is 11.8. The van der Waals surface area contributed by atoms with Crippen molar-refractivity contribution in [3.05, 3.63) is 24.5 Å². The van der Waals surface area contributed by atoms with Crippen LogP contribution in [0.3, 0.4) is 0 Å². The van der Waals surface area contributed by atoms with Gasteiger partial charge in [0, 0.05) is 0 Å². The molecule has 126 valence electrons. The van der Waals surface area contributed by atoms with Gasteiger partial charge in [-0.15, -0.1) is 0 Å². The van der Waals surface area contributed by atoms with Gasteiger partial charge in [-0.25, -0.2) is 0 Å². The maximum Gasteiger partial charge on any atom is 0.140 e. The first-order chi connectivity index (χ1) is 10.6. The maximum atomic E-state index is 11.8. The molecule has 3 unspecified atom stereocenters. The Hall–Kier alpha value is -1.05. The number of Topliss-reactive ketones (excluding diaryl/α,β-unsaturated/α-hetero) is 1. The third-order valence-corrected chi connectivity index (χ3v) is 4.74. The van der Waals surface area contributed by atoms with Crippen LogP contribution in [0, 0.1) is 17.8 Å². The third-order valence-electron chi connectivity index (χ3n) is 4.74. The van der Waals surface area contributed by atoms with Crippen LogP contribution in [0.1, 0.15) is 72.1 Å². The van der Waals surface area contributed by atoms with Crippen LogP contribution >= 0.6 is 0 Å². The Morgan fingerprint density at radius 2 is 1.86 bits per heavy atom. The quantitative estimate of drug-likeness (QED) is 0.279. The summed E-state index contributed by atoms with van der Waals surface area (Å²) < 4.78 is 5.46. The number of ketones is 1. The number of hydrogen-bond acceptors (Lipinski definition) is 2. The van der Waals surface area contributed by atoms with Crippen molar-refractivity contribution in [3.8, 4) is 0 Å². The van der Waals surface area contributed by atoms with E-state index in [1.54, 1.807) is 6.92 Å². The molecule has 1 rings (SSSR count). The van der Waals surface area contributed by atoms with Crippen molar-refractivity contribution in [3.63, 3.8) is 0 Å². The minimum atomic E-state index is -0.143. The summed E-state index contributed by atoms with van der Waals surface area (Å²) in [6, 6.07) is 0. The highest BCUT2D eigenvalue weighted by Crippen LogP contribution is 2.32. The van der Waals surface area contributed by atoms with Crippen molar-refractivity contribution in [1.82, 2.24) is 0 Å². The lowest BCUT2D eigenvalue weighted by Gasteiger charge is -2.26. The van der Waals surface area contributed by atoms with Crippen LogP contribution in [-0.2, 0) is 9.53 Å². The number of hydrogen-bond donors (Lipinski definition) is 0. The second-order valence-corrected chi connectivity index (χ2v) is 6.63. The van der Waals surface area contributed by atoms with E-state index in [2.05, 4.69) is 25.7 Å². The van der Waals surface area contributed by atoms with Gasteiger partial charge in [-0.1, -0.05) is 51.3 Å². The number of allylic oxidation sites excluding steroid dienone is 3. The van der Waals surface area contributed by atoms with Gasteiger partial charge in [0.1, 0.15) is 5.78 Å². The van der Waals surface area contributed by atoms with Gasteiger partial charge in [0.05, 0.1) is 18.3 Å². The average Bonchev–Trinajstić information content (AvgIpc) is 2.50. The molecule has 0 aliphatic heterocycles. The molecule has 0 amide bonds. The number of carbonyl (C=O) groups excluding carboxylic acids is 1. The Morgan fingerprint density at radius 3 is 2.41 bits per heavy atom. The smallest absolute Gasteiger partial charge is 0.140 e. The summed E-state index contributed by atoms with van der Waals surface area (Å²) in [5.41, 5.74) is 0. The number of unbranched alkanes of at least 4 members (excludes halogenated alkanes) is 3. The minimum Gasteiger partial charge on any atom is -0.498 e. The van der Waals surface area contributed by atoms with E-state index < -0.39 is 0 Å². The maximum absolute atomic E-state index is 11.8. The first kappa shape index (κ1) is 19.0. The van der Waals surface area contributed by atoms with Gasteiger partial charge in [0.2, 0.25) is 0 Å². The Morgan fingerprint density at radius 1 is 1.18 bits per heavy atom. The van der Waals surface area contributed by atoms with Gasteiger partial charge in [-0.3, -0.25) is 4.79 Å². The van der Waals surface area contributed by atoms with Crippen LogP contribution in [0.4, 0.5) is 0 Å². The fraction of sp³-hybridized carbons (Fsp3) is 0.750.